The van der Waals surface area contributed by atoms with Crippen LogP contribution >= 0.6 is 0 Å². The highest BCUT2D eigenvalue weighted by Crippen LogP contribution is 2.46. The van der Waals surface area contributed by atoms with Gasteiger partial charge in [0.15, 0.2) is 0 Å². The number of rotatable bonds is 7. The van der Waals surface area contributed by atoms with Crippen molar-refractivity contribution in [1.82, 2.24) is 5.32 Å². The van der Waals surface area contributed by atoms with E-state index in [9.17, 15) is 4.79 Å². The van der Waals surface area contributed by atoms with Gasteiger partial charge in [-0.1, -0.05) is 50.2 Å². The highest BCUT2D eigenvalue weighted by atomic mass is 16.5. The summed E-state index contributed by atoms with van der Waals surface area (Å²) in [5, 5.41) is 7.22. The Labute approximate surface area is 250 Å². The van der Waals surface area contributed by atoms with Crippen LogP contribution in [0.3, 0.4) is 0 Å². The fourth-order valence-corrected chi connectivity index (χ4v) is 5.65. The highest BCUT2D eigenvalue weighted by molar-refractivity contribution is 5.91. The van der Waals surface area contributed by atoms with Gasteiger partial charge >= 0.3 is 5.97 Å². The normalized spacial score (nSPS) is 20.6. The lowest BCUT2D eigenvalue weighted by molar-refractivity contribution is 0.0228. The first kappa shape index (κ1) is 30.1. The molecule has 0 spiro atoms. The maximum absolute atomic E-state index is 13.7. The Morgan fingerprint density at radius 3 is 2.69 bits per heavy atom. The van der Waals surface area contributed by atoms with Crippen LogP contribution in [0.1, 0.15) is 78.1 Å². The lowest BCUT2D eigenvalue weighted by Crippen LogP contribution is -2.48. The number of hydrogen-bond donors (Lipinski definition) is 3. The number of anilines is 1. The number of carbonyl (C=O) groups is 1. The number of benzene rings is 3. The van der Waals surface area contributed by atoms with E-state index >= 15 is 0 Å². The Morgan fingerprint density at radius 1 is 1.07 bits per heavy atom. The molecule has 4 N–H and O–H groups in total. The van der Waals surface area contributed by atoms with Gasteiger partial charge in [0.05, 0.1) is 18.8 Å². The zero-order chi connectivity index (χ0) is 29.5. The van der Waals surface area contributed by atoms with Gasteiger partial charge in [0.25, 0.3) is 0 Å². The summed E-state index contributed by atoms with van der Waals surface area (Å²) >= 11 is 0. The van der Waals surface area contributed by atoms with E-state index < -0.39 is 12.1 Å². The summed E-state index contributed by atoms with van der Waals surface area (Å²) in [6.45, 7) is 6.70. The third kappa shape index (κ3) is 7.71. The lowest BCUT2D eigenvalue weighted by Gasteiger charge is -2.28. The average molecular weight is 572 g/mol. The maximum Gasteiger partial charge on any atom is 0.338 e. The number of ether oxygens (including phenoxy) is 3. The van der Waals surface area contributed by atoms with E-state index in [2.05, 4.69) is 54.8 Å². The molecule has 0 aromatic heterocycles. The molecule has 2 atom stereocenters. The number of nitrogens with two attached hydrogens (primary N) is 1. The molecule has 1 heterocycles. The molecule has 0 saturated heterocycles. The minimum absolute atomic E-state index is 0.117. The van der Waals surface area contributed by atoms with Crippen LogP contribution < -0.4 is 21.1 Å². The van der Waals surface area contributed by atoms with E-state index in [1.165, 1.54) is 11.1 Å². The van der Waals surface area contributed by atoms with Gasteiger partial charge in [0.1, 0.15) is 11.9 Å². The molecule has 42 heavy (non-hydrogen) atoms. The molecule has 1 aliphatic carbocycles. The second-order valence-electron chi connectivity index (χ2n) is 12.0. The minimum atomic E-state index is -0.536. The molecule has 1 saturated carbocycles. The summed E-state index contributed by atoms with van der Waals surface area (Å²) in [5.74, 6) is 0.910. The van der Waals surface area contributed by atoms with Crippen LogP contribution in [0.5, 0.6) is 5.75 Å². The van der Waals surface area contributed by atoms with Gasteiger partial charge < -0.3 is 30.6 Å². The molecule has 1 fully saturated rings. The van der Waals surface area contributed by atoms with Crippen LogP contribution in [0.25, 0.3) is 0 Å². The fraction of sp³-hybridized carbons (Fsp3) is 0.457. The average Bonchev–Trinajstić information content (AvgIpc) is 3.78. The molecule has 2 aliphatic rings. The van der Waals surface area contributed by atoms with E-state index in [-0.39, 0.29) is 11.5 Å². The zero-order valence-corrected chi connectivity index (χ0v) is 25.2. The van der Waals surface area contributed by atoms with Crippen molar-refractivity contribution >= 4 is 11.7 Å². The Kier molecular flexibility index (Phi) is 9.83. The Hall–Kier alpha value is -3.39. The van der Waals surface area contributed by atoms with Gasteiger partial charge in [0.2, 0.25) is 0 Å². The van der Waals surface area contributed by atoms with Crippen molar-refractivity contribution in [2.24, 2.45) is 5.73 Å². The summed E-state index contributed by atoms with van der Waals surface area (Å²) in [5.41, 5.74) is 12.7. The van der Waals surface area contributed by atoms with Crippen LogP contribution in [-0.4, -0.2) is 44.9 Å². The number of esters is 1. The second kappa shape index (κ2) is 13.7. The lowest BCUT2D eigenvalue weighted by atomic mass is 9.96. The smallest absolute Gasteiger partial charge is 0.338 e. The van der Waals surface area contributed by atoms with Gasteiger partial charge in [0, 0.05) is 37.5 Å². The number of cyclic esters (lactones) is 1. The van der Waals surface area contributed by atoms with Crippen LogP contribution in [0.15, 0.2) is 66.7 Å². The summed E-state index contributed by atoms with van der Waals surface area (Å²) in [6.07, 6.45) is 3.96. The van der Waals surface area contributed by atoms with Crippen molar-refractivity contribution in [3.05, 3.63) is 94.5 Å². The molecule has 4 bridgehead atoms. The van der Waals surface area contributed by atoms with Gasteiger partial charge in [-0.25, -0.2) is 4.79 Å². The second-order valence-corrected chi connectivity index (χ2v) is 12.0. The zero-order valence-electron chi connectivity index (χ0n) is 25.2. The molecule has 0 unspecified atom stereocenters. The topological polar surface area (TPSA) is 94.8 Å². The Morgan fingerprint density at radius 2 is 1.90 bits per heavy atom. The first-order valence-electron chi connectivity index (χ1n) is 15.3. The van der Waals surface area contributed by atoms with Crippen molar-refractivity contribution in [2.75, 3.05) is 32.1 Å². The summed E-state index contributed by atoms with van der Waals surface area (Å²) in [7, 11) is 1.65. The fourth-order valence-electron chi connectivity index (χ4n) is 5.65. The van der Waals surface area contributed by atoms with E-state index in [0.717, 1.165) is 54.8 Å². The highest BCUT2D eigenvalue weighted by Gasteiger charge is 2.44. The number of fused-ring (bicyclic) bond motifs is 4. The molecular weight excluding hydrogens is 526 g/mol. The molecule has 7 heteroatoms. The van der Waals surface area contributed by atoms with E-state index in [1.54, 1.807) is 7.11 Å². The predicted molar refractivity (Wildman–Crippen MR) is 167 cm³/mol. The number of nitrogens with one attached hydrogen (secondary N) is 2. The molecule has 3 aromatic carbocycles. The van der Waals surface area contributed by atoms with Gasteiger partial charge in [-0.2, -0.15) is 0 Å². The van der Waals surface area contributed by atoms with Crippen LogP contribution in [0, 0.1) is 0 Å². The van der Waals surface area contributed by atoms with Crippen molar-refractivity contribution in [3.63, 3.8) is 0 Å². The first-order valence-corrected chi connectivity index (χ1v) is 15.3. The molecule has 224 valence electrons. The molecule has 5 rings (SSSR count). The van der Waals surface area contributed by atoms with Crippen LogP contribution in [0.2, 0.25) is 0 Å². The molecule has 0 amide bonds. The summed E-state index contributed by atoms with van der Waals surface area (Å²) in [4.78, 5) is 13.7. The van der Waals surface area contributed by atoms with E-state index in [0.29, 0.717) is 37.7 Å². The van der Waals surface area contributed by atoms with Crippen molar-refractivity contribution in [3.8, 4) is 5.75 Å². The standard InChI is InChI=1S/C35H45N3O4/c1-24(2)27-9-7-10-29(20-27)35(12-13-35)38-22-33-32(36)19-25-8-6-11-31(18-25)41-15-5-4-14-37-30-17-26(23-40-3)16-28(21-30)34(39)42-33/h6-11,16-18,20-21,24,32-33,37-38H,4-5,12-15,19,22-23,36H2,1-3H3/t32-,33-/m0/s1. The molecular formula is C35H45N3O4. The van der Waals surface area contributed by atoms with Gasteiger partial charge in [-0.15, -0.1) is 0 Å². The van der Waals surface area contributed by atoms with Gasteiger partial charge in [-0.05, 0) is 90.6 Å². The van der Waals surface area contributed by atoms with E-state index in [4.69, 9.17) is 19.9 Å². The predicted octanol–water partition coefficient (Wildman–Crippen LogP) is 5.92. The monoisotopic (exact) mass is 571 g/mol. The minimum Gasteiger partial charge on any atom is -0.494 e. The molecule has 1 aliphatic heterocycles. The van der Waals surface area contributed by atoms with Gasteiger partial charge in [-0.3, -0.25) is 0 Å². The van der Waals surface area contributed by atoms with Crippen molar-refractivity contribution in [2.45, 2.75) is 76.2 Å². The quantitative estimate of drug-likeness (QED) is 0.303. The Balaban J connectivity index is 1.41. The molecule has 3 aromatic rings. The van der Waals surface area contributed by atoms with Crippen LogP contribution in [0.4, 0.5) is 5.69 Å². The first-order chi connectivity index (χ1) is 20.3. The third-order valence-corrected chi connectivity index (χ3v) is 8.31. The Bertz CT molecular complexity index is 1350. The number of methoxy groups -OCH3 is 1. The largest absolute Gasteiger partial charge is 0.494 e. The molecule has 0 radical (unpaired) electrons. The van der Waals surface area contributed by atoms with Crippen molar-refractivity contribution < 1.29 is 19.0 Å². The third-order valence-electron chi connectivity index (χ3n) is 8.31. The molecule has 7 nitrogen and oxygen atoms in total. The van der Waals surface area contributed by atoms with E-state index in [1.807, 2.05) is 36.4 Å². The summed E-state index contributed by atoms with van der Waals surface area (Å²) in [6, 6.07) is 22.2. The SMILES string of the molecule is COCc1cc2cc(c1)C(=O)O[C@@H](CNC1(c3cccc(C(C)C)c3)CC1)[C@@H](N)Cc1cccc(c1)OCCCCN2. The van der Waals surface area contributed by atoms with Crippen LogP contribution in [-0.2, 0) is 28.0 Å². The number of carbonyl (C=O) groups excluding carboxylic acids is 1. The van der Waals surface area contributed by atoms with Crippen molar-refractivity contribution in [1.29, 1.82) is 0 Å². The number of hydrogen-bond acceptors (Lipinski definition) is 7. The summed E-state index contributed by atoms with van der Waals surface area (Å²) < 4.78 is 17.6. The maximum atomic E-state index is 13.7.